The normalized spacial score (nSPS) is 17.3. The first kappa shape index (κ1) is 21.6. The van der Waals surface area contributed by atoms with Gasteiger partial charge in [0.25, 0.3) is 0 Å². The van der Waals surface area contributed by atoms with Crippen molar-refractivity contribution < 1.29 is 13.2 Å². The molecule has 10 heteroatoms. The molecule has 1 fully saturated rings. The lowest BCUT2D eigenvalue weighted by Crippen LogP contribution is -2.33. The predicted octanol–water partition coefficient (Wildman–Crippen LogP) is 1.48. The van der Waals surface area contributed by atoms with Crippen molar-refractivity contribution >= 4 is 22.4 Å². The van der Waals surface area contributed by atoms with Crippen LogP contribution in [-0.4, -0.2) is 42.8 Å². The van der Waals surface area contributed by atoms with Crippen molar-refractivity contribution in [2.24, 2.45) is 13.0 Å². The van der Waals surface area contributed by atoms with Crippen LogP contribution in [0.2, 0.25) is 0 Å². The van der Waals surface area contributed by atoms with Crippen molar-refractivity contribution in [2.75, 3.05) is 19.6 Å². The first-order valence-corrected chi connectivity index (χ1v) is 10.3. The Morgan fingerprint density at radius 1 is 1.33 bits per heavy atom. The van der Waals surface area contributed by atoms with Crippen LogP contribution in [0.3, 0.4) is 0 Å². The van der Waals surface area contributed by atoms with Gasteiger partial charge in [0.2, 0.25) is 10.0 Å². The van der Waals surface area contributed by atoms with Crippen molar-refractivity contribution in [3.8, 4) is 5.75 Å². The SMILES string of the molecule is Cl.Cn1ncnc1COc1ccc(S(=O)(=O)NCCC2CCCNC2)cc1. The molecule has 1 aromatic heterocycles. The highest BCUT2D eigenvalue weighted by Gasteiger charge is 2.17. The van der Waals surface area contributed by atoms with Crippen LogP contribution in [0.5, 0.6) is 5.75 Å². The summed E-state index contributed by atoms with van der Waals surface area (Å²) in [5, 5.41) is 7.32. The first-order valence-electron chi connectivity index (χ1n) is 8.81. The van der Waals surface area contributed by atoms with Crippen molar-refractivity contribution in [1.29, 1.82) is 0 Å². The minimum Gasteiger partial charge on any atom is -0.486 e. The number of aromatic nitrogens is 3. The molecule has 8 nitrogen and oxygen atoms in total. The van der Waals surface area contributed by atoms with E-state index in [1.54, 1.807) is 36.0 Å². The molecule has 0 aliphatic carbocycles. The van der Waals surface area contributed by atoms with Gasteiger partial charge in [0.05, 0.1) is 4.90 Å². The highest BCUT2D eigenvalue weighted by molar-refractivity contribution is 7.89. The molecule has 0 radical (unpaired) electrons. The van der Waals surface area contributed by atoms with E-state index in [1.165, 1.54) is 6.33 Å². The molecule has 0 spiro atoms. The highest BCUT2D eigenvalue weighted by Crippen LogP contribution is 2.18. The average Bonchev–Trinajstić information content (AvgIpc) is 3.06. The van der Waals surface area contributed by atoms with Gasteiger partial charge in [-0.05, 0) is 62.5 Å². The molecular weight excluding hydrogens is 390 g/mol. The molecule has 3 rings (SSSR count). The summed E-state index contributed by atoms with van der Waals surface area (Å²) < 4.78 is 34.7. The third kappa shape index (κ3) is 6.17. The maximum Gasteiger partial charge on any atom is 0.240 e. The average molecular weight is 416 g/mol. The Morgan fingerprint density at radius 3 is 2.74 bits per heavy atom. The molecule has 1 atom stereocenters. The molecule has 150 valence electrons. The number of sulfonamides is 1. The number of aryl methyl sites for hydroxylation is 1. The summed E-state index contributed by atoms with van der Waals surface area (Å²) in [7, 11) is -1.71. The number of benzene rings is 1. The monoisotopic (exact) mass is 415 g/mol. The number of hydrogen-bond donors (Lipinski definition) is 2. The molecular formula is C17H26ClN5O3S. The van der Waals surface area contributed by atoms with Gasteiger partial charge >= 0.3 is 0 Å². The van der Waals surface area contributed by atoms with Gasteiger partial charge in [-0.15, -0.1) is 12.4 Å². The largest absolute Gasteiger partial charge is 0.486 e. The van der Waals surface area contributed by atoms with Gasteiger partial charge in [0.1, 0.15) is 18.7 Å². The van der Waals surface area contributed by atoms with Gasteiger partial charge in [0, 0.05) is 13.6 Å². The molecule has 1 aromatic carbocycles. The Hall–Kier alpha value is -1.68. The zero-order chi connectivity index (χ0) is 18.4. The summed E-state index contributed by atoms with van der Waals surface area (Å²) in [6.45, 7) is 2.77. The zero-order valence-corrected chi connectivity index (χ0v) is 16.9. The summed E-state index contributed by atoms with van der Waals surface area (Å²) in [6, 6.07) is 6.40. The zero-order valence-electron chi connectivity index (χ0n) is 15.3. The summed E-state index contributed by atoms with van der Waals surface area (Å²) in [6.07, 6.45) is 4.63. The molecule has 2 N–H and O–H groups in total. The Labute approximate surface area is 166 Å². The molecule has 0 saturated carbocycles. The molecule has 1 unspecified atom stereocenters. The Kier molecular flexibility index (Phi) is 8.03. The molecule has 1 aliphatic rings. The molecule has 2 heterocycles. The van der Waals surface area contributed by atoms with Crippen LogP contribution in [0.15, 0.2) is 35.5 Å². The maximum absolute atomic E-state index is 12.4. The van der Waals surface area contributed by atoms with Crippen molar-refractivity contribution in [3.05, 3.63) is 36.4 Å². The van der Waals surface area contributed by atoms with Crippen molar-refractivity contribution in [3.63, 3.8) is 0 Å². The first-order chi connectivity index (χ1) is 12.5. The lowest BCUT2D eigenvalue weighted by molar-refractivity contribution is 0.289. The lowest BCUT2D eigenvalue weighted by atomic mass is 9.96. The van der Waals surface area contributed by atoms with Crippen LogP contribution in [0.4, 0.5) is 0 Å². The van der Waals surface area contributed by atoms with E-state index in [0.717, 1.165) is 32.4 Å². The molecule has 27 heavy (non-hydrogen) atoms. The third-order valence-electron chi connectivity index (χ3n) is 4.55. The molecule has 0 amide bonds. The van der Waals surface area contributed by atoms with E-state index in [2.05, 4.69) is 20.1 Å². The summed E-state index contributed by atoms with van der Waals surface area (Å²) in [4.78, 5) is 4.32. The van der Waals surface area contributed by atoms with E-state index >= 15 is 0 Å². The van der Waals surface area contributed by atoms with E-state index in [4.69, 9.17) is 4.74 Å². The van der Waals surface area contributed by atoms with Crippen molar-refractivity contribution in [2.45, 2.75) is 30.8 Å². The second-order valence-electron chi connectivity index (χ2n) is 6.46. The number of halogens is 1. The number of nitrogens with one attached hydrogen (secondary N) is 2. The standard InChI is InChI=1S/C17H25N5O3S.ClH/c1-22-17(19-13-20-22)12-25-15-4-6-16(7-5-15)26(23,24)21-10-8-14-3-2-9-18-11-14;/h4-7,13-14,18,21H,2-3,8-12H2,1H3;1H. The fraction of sp³-hybridized carbons (Fsp3) is 0.529. The molecule has 2 aromatic rings. The van der Waals surface area contributed by atoms with E-state index < -0.39 is 10.0 Å². The van der Waals surface area contributed by atoms with Crippen LogP contribution in [0, 0.1) is 5.92 Å². The van der Waals surface area contributed by atoms with Crippen molar-refractivity contribution in [1.82, 2.24) is 24.8 Å². The predicted molar refractivity (Wildman–Crippen MR) is 104 cm³/mol. The van der Waals surface area contributed by atoms with Crippen LogP contribution >= 0.6 is 12.4 Å². The van der Waals surface area contributed by atoms with E-state index in [0.29, 0.717) is 24.0 Å². The van der Waals surface area contributed by atoms with Crippen LogP contribution in [-0.2, 0) is 23.7 Å². The molecule has 0 bridgehead atoms. The number of rotatable bonds is 8. The van der Waals surface area contributed by atoms with Gasteiger partial charge in [-0.1, -0.05) is 0 Å². The van der Waals surface area contributed by atoms with E-state index in [1.807, 2.05) is 0 Å². The van der Waals surface area contributed by atoms with Gasteiger partial charge in [-0.2, -0.15) is 5.10 Å². The van der Waals surface area contributed by atoms with E-state index in [9.17, 15) is 8.42 Å². The topological polar surface area (TPSA) is 98.1 Å². The van der Waals surface area contributed by atoms with Gasteiger partial charge in [-0.25, -0.2) is 18.1 Å². The smallest absolute Gasteiger partial charge is 0.240 e. The van der Waals surface area contributed by atoms with Crippen LogP contribution in [0.1, 0.15) is 25.1 Å². The minimum atomic E-state index is -3.50. The van der Waals surface area contributed by atoms with E-state index in [-0.39, 0.29) is 23.9 Å². The second-order valence-corrected chi connectivity index (χ2v) is 8.23. The fourth-order valence-corrected chi connectivity index (χ4v) is 4.01. The Bertz CT molecular complexity index is 804. The van der Waals surface area contributed by atoms with Gasteiger partial charge < -0.3 is 10.1 Å². The number of ether oxygens (including phenoxy) is 1. The second kappa shape index (κ2) is 10.0. The van der Waals surface area contributed by atoms with Crippen LogP contribution < -0.4 is 14.8 Å². The maximum atomic E-state index is 12.4. The van der Waals surface area contributed by atoms with Gasteiger partial charge in [-0.3, -0.25) is 4.68 Å². The third-order valence-corrected chi connectivity index (χ3v) is 6.03. The number of hydrogen-bond acceptors (Lipinski definition) is 6. The number of piperidine rings is 1. The van der Waals surface area contributed by atoms with Gasteiger partial charge in [0.15, 0.2) is 5.82 Å². The Balaban J connectivity index is 0.00000261. The van der Waals surface area contributed by atoms with Crippen LogP contribution in [0.25, 0.3) is 0 Å². The Morgan fingerprint density at radius 2 is 2.11 bits per heavy atom. The number of nitrogens with zero attached hydrogens (tertiary/aromatic N) is 3. The molecule has 1 saturated heterocycles. The summed E-state index contributed by atoms with van der Waals surface area (Å²) in [5.41, 5.74) is 0. The fourth-order valence-electron chi connectivity index (χ4n) is 2.96. The lowest BCUT2D eigenvalue weighted by Gasteiger charge is -2.22. The highest BCUT2D eigenvalue weighted by atomic mass is 35.5. The quantitative estimate of drug-likeness (QED) is 0.677. The summed E-state index contributed by atoms with van der Waals surface area (Å²) in [5.74, 6) is 1.82. The minimum absolute atomic E-state index is 0. The summed E-state index contributed by atoms with van der Waals surface area (Å²) >= 11 is 0. The molecule has 1 aliphatic heterocycles.